The third-order valence-electron chi connectivity index (χ3n) is 3.44. The van der Waals surface area contributed by atoms with Crippen LogP contribution in [0.25, 0.3) is 0 Å². The van der Waals surface area contributed by atoms with Crippen LogP contribution in [-0.4, -0.2) is 39.5 Å². The van der Waals surface area contributed by atoms with Crippen LogP contribution >= 0.6 is 0 Å². The van der Waals surface area contributed by atoms with Crippen LogP contribution in [0.3, 0.4) is 0 Å². The molecule has 19 heavy (non-hydrogen) atoms. The van der Waals surface area contributed by atoms with E-state index < -0.39 is 0 Å². The fourth-order valence-electron chi connectivity index (χ4n) is 2.49. The topological polar surface area (TPSA) is 39.7 Å². The standard InChI is InChI=1S/C15H23NO3/c1-11(16-13-6-7-19-10-13)8-12-4-5-14(17-2)15(9-12)18-3/h4-5,9,11,13,16H,6-8,10H2,1-3H3. The van der Waals surface area contributed by atoms with E-state index in [0.29, 0.717) is 12.1 Å². The van der Waals surface area contributed by atoms with Gasteiger partial charge in [-0.3, -0.25) is 0 Å². The molecular weight excluding hydrogens is 242 g/mol. The predicted molar refractivity (Wildman–Crippen MR) is 75.1 cm³/mol. The van der Waals surface area contributed by atoms with Crippen molar-refractivity contribution in [1.82, 2.24) is 5.32 Å². The summed E-state index contributed by atoms with van der Waals surface area (Å²) in [5.41, 5.74) is 1.25. The largest absolute Gasteiger partial charge is 0.493 e. The van der Waals surface area contributed by atoms with Crippen LogP contribution in [0.2, 0.25) is 0 Å². The van der Waals surface area contributed by atoms with E-state index in [1.54, 1.807) is 14.2 Å². The first kappa shape index (κ1) is 14.2. The second-order valence-electron chi connectivity index (χ2n) is 5.02. The lowest BCUT2D eigenvalue weighted by atomic mass is 10.1. The van der Waals surface area contributed by atoms with Gasteiger partial charge in [-0.2, -0.15) is 0 Å². The Labute approximate surface area is 115 Å². The van der Waals surface area contributed by atoms with E-state index in [-0.39, 0.29) is 0 Å². The smallest absolute Gasteiger partial charge is 0.160 e. The van der Waals surface area contributed by atoms with Gasteiger partial charge in [0.15, 0.2) is 11.5 Å². The fraction of sp³-hybridized carbons (Fsp3) is 0.600. The minimum absolute atomic E-state index is 0.421. The molecule has 0 saturated carbocycles. The molecule has 2 unspecified atom stereocenters. The molecule has 1 saturated heterocycles. The summed E-state index contributed by atoms with van der Waals surface area (Å²) in [4.78, 5) is 0. The molecule has 1 fully saturated rings. The third kappa shape index (κ3) is 3.85. The average Bonchev–Trinajstić information content (AvgIpc) is 2.91. The molecule has 0 spiro atoms. The monoisotopic (exact) mass is 265 g/mol. The van der Waals surface area contributed by atoms with Gasteiger partial charge in [0, 0.05) is 18.7 Å². The molecule has 0 aliphatic carbocycles. The highest BCUT2D eigenvalue weighted by Gasteiger charge is 2.17. The van der Waals surface area contributed by atoms with Crippen LogP contribution in [-0.2, 0) is 11.2 Å². The van der Waals surface area contributed by atoms with Gasteiger partial charge in [0.05, 0.1) is 20.8 Å². The lowest BCUT2D eigenvalue weighted by Crippen LogP contribution is -2.38. The zero-order valence-corrected chi connectivity index (χ0v) is 11.9. The molecule has 0 radical (unpaired) electrons. The molecule has 1 aromatic rings. The Balaban J connectivity index is 1.94. The van der Waals surface area contributed by atoms with E-state index in [0.717, 1.165) is 37.6 Å². The van der Waals surface area contributed by atoms with Crippen LogP contribution in [0, 0.1) is 0 Å². The van der Waals surface area contributed by atoms with Crippen molar-refractivity contribution >= 4 is 0 Å². The van der Waals surface area contributed by atoms with Crippen molar-refractivity contribution in [2.45, 2.75) is 31.8 Å². The summed E-state index contributed by atoms with van der Waals surface area (Å²) in [6, 6.07) is 7.01. The molecule has 1 aliphatic rings. The first-order valence-electron chi connectivity index (χ1n) is 6.77. The maximum absolute atomic E-state index is 5.38. The quantitative estimate of drug-likeness (QED) is 0.854. The Bertz CT molecular complexity index is 402. The molecule has 0 aromatic heterocycles. The Morgan fingerprint density at radius 3 is 2.74 bits per heavy atom. The second-order valence-corrected chi connectivity index (χ2v) is 5.02. The third-order valence-corrected chi connectivity index (χ3v) is 3.44. The van der Waals surface area contributed by atoms with Crippen LogP contribution in [0.15, 0.2) is 18.2 Å². The lowest BCUT2D eigenvalue weighted by Gasteiger charge is -2.19. The predicted octanol–water partition coefficient (Wildman–Crippen LogP) is 2.01. The summed E-state index contributed by atoms with van der Waals surface area (Å²) < 4.78 is 15.9. The van der Waals surface area contributed by atoms with Crippen LogP contribution in [0.4, 0.5) is 0 Å². The molecule has 0 bridgehead atoms. The molecular formula is C15H23NO3. The zero-order chi connectivity index (χ0) is 13.7. The number of hydrogen-bond acceptors (Lipinski definition) is 4. The van der Waals surface area contributed by atoms with Gasteiger partial charge in [0.25, 0.3) is 0 Å². The first-order chi connectivity index (χ1) is 9.22. The van der Waals surface area contributed by atoms with Crippen molar-refractivity contribution < 1.29 is 14.2 Å². The van der Waals surface area contributed by atoms with Gasteiger partial charge < -0.3 is 19.5 Å². The van der Waals surface area contributed by atoms with E-state index in [2.05, 4.69) is 18.3 Å². The lowest BCUT2D eigenvalue weighted by molar-refractivity contribution is 0.188. The summed E-state index contributed by atoms with van der Waals surface area (Å²) in [5, 5.41) is 3.60. The van der Waals surface area contributed by atoms with Crippen LogP contribution in [0.1, 0.15) is 18.9 Å². The SMILES string of the molecule is COc1ccc(CC(C)NC2CCOC2)cc1OC. The summed E-state index contributed by atoms with van der Waals surface area (Å²) >= 11 is 0. The summed E-state index contributed by atoms with van der Waals surface area (Å²) in [6.45, 7) is 3.91. The van der Waals surface area contributed by atoms with Crippen molar-refractivity contribution in [3.8, 4) is 11.5 Å². The number of nitrogens with one attached hydrogen (secondary N) is 1. The maximum Gasteiger partial charge on any atom is 0.160 e. The molecule has 1 heterocycles. The molecule has 4 heteroatoms. The number of methoxy groups -OCH3 is 2. The molecule has 1 N–H and O–H groups in total. The summed E-state index contributed by atoms with van der Waals surface area (Å²) in [5.74, 6) is 1.56. The number of ether oxygens (including phenoxy) is 3. The summed E-state index contributed by atoms with van der Waals surface area (Å²) in [7, 11) is 3.32. The summed E-state index contributed by atoms with van der Waals surface area (Å²) in [6.07, 6.45) is 2.08. The van der Waals surface area contributed by atoms with Gasteiger partial charge in [-0.05, 0) is 37.5 Å². The van der Waals surface area contributed by atoms with E-state index >= 15 is 0 Å². The first-order valence-corrected chi connectivity index (χ1v) is 6.77. The van der Waals surface area contributed by atoms with Gasteiger partial charge in [-0.25, -0.2) is 0 Å². The molecule has 0 amide bonds. The van der Waals surface area contributed by atoms with Crippen molar-refractivity contribution in [3.05, 3.63) is 23.8 Å². The maximum atomic E-state index is 5.38. The molecule has 1 aliphatic heterocycles. The molecule has 4 nitrogen and oxygen atoms in total. The normalized spacial score (nSPS) is 20.3. The van der Waals surface area contributed by atoms with E-state index in [9.17, 15) is 0 Å². The van der Waals surface area contributed by atoms with Crippen molar-refractivity contribution in [3.63, 3.8) is 0 Å². The number of hydrogen-bond donors (Lipinski definition) is 1. The Morgan fingerprint density at radius 1 is 1.32 bits per heavy atom. The minimum Gasteiger partial charge on any atom is -0.493 e. The highest BCUT2D eigenvalue weighted by atomic mass is 16.5. The van der Waals surface area contributed by atoms with Gasteiger partial charge in [-0.15, -0.1) is 0 Å². The Morgan fingerprint density at radius 2 is 2.11 bits per heavy atom. The van der Waals surface area contributed by atoms with Crippen molar-refractivity contribution in [2.75, 3.05) is 27.4 Å². The van der Waals surface area contributed by atoms with E-state index in [4.69, 9.17) is 14.2 Å². The van der Waals surface area contributed by atoms with Crippen molar-refractivity contribution in [1.29, 1.82) is 0 Å². The van der Waals surface area contributed by atoms with Gasteiger partial charge >= 0.3 is 0 Å². The Kier molecular flexibility index (Phi) is 5.05. The highest BCUT2D eigenvalue weighted by Crippen LogP contribution is 2.28. The minimum atomic E-state index is 0.421. The zero-order valence-electron chi connectivity index (χ0n) is 11.9. The molecule has 1 aromatic carbocycles. The Hall–Kier alpha value is -1.26. The van der Waals surface area contributed by atoms with E-state index in [1.807, 2.05) is 12.1 Å². The van der Waals surface area contributed by atoms with Gasteiger partial charge in [0.2, 0.25) is 0 Å². The molecule has 2 atom stereocenters. The number of rotatable bonds is 6. The van der Waals surface area contributed by atoms with E-state index in [1.165, 1.54) is 5.56 Å². The van der Waals surface area contributed by atoms with Crippen molar-refractivity contribution in [2.24, 2.45) is 0 Å². The fourth-order valence-corrected chi connectivity index (χ4v) is 2.49. The molecule has 106 valence electrons. The number of benzene rings is 1. The van der Waals surface area contributed by atoms with Gasteiger partial charge in [0.1, 0.15) is 0 Å². The molecule has 2 rings (SSSR count). The van der Waals surface area contributed by atoms with Crippen LogP contribution < -0.4 is 14.8 Å². The second kappa shape index (κ2) is 6.78. The highest BCUT2D eigenvalue weighted by molar-refractivity contribution is 5.43. The van der Waals surface area contributed by atoms with Gasteiger partial charge in [-0.1, -0.05) is 6.07 Å². The average molecular weight is 265 g/mol. The van der Waals surface area contributed by atoms with Crippen LogP contribution in [0.5, 0.6) is 11.5 Å².